The number of aryl methyl sites for hydroxylation is 1. The Morgan fingerprint density at radius 3 is 2.19 bits per heavy atom. The van der Waals surface area contributed by atoms with Gasteiger partial charge < -0.3 is 0 Å². The zero-order valence-corrected chi connectivity index (χ0v) is 19.1. The van der Waals surface area contributed by atoms with E-state index in [1.807, 2.05) is 0 Å². The maximum Gasteiger partial charge on any atom is 0.0708 e. The van der Waals surface area contributed by atoms with Crippen LogP contribution in [0.25, 0.3) is 11.3 Å². The molecular weight excluding hydrogens is 334 g/mol. The van der Waals surface area contributed by atoms with Gasteiger partial charge >= 0.3 is 0 Å². The van der Waals surface area contributed by atoms with Crippen LogP contribution in [0.2, 0.25) is 0 Å². The van der Waals surface area contributed by atoms with Crippen molar-refractivity contribution in [2.75, 3.05) is 18.8 Å². The van der Waals surface area contributed by atoms with Crippen LogP contribution in [0, 0.1) is 18.3 Å². The molecule has 1 aromatic heterocycles. The number of hydrogen-bond donors (Lipinski definition) is 0. The van der Waals surface area contributed by atoms with Gasteiger partial charge in [-0.3, -0.25) is 4.98 Å². The van der Waals surface area contributed by atoms with Gasteiger partial charge in [0.05, 0.1) is 5.69 Å². The van der Waals surface area contributed by atoms with Crippen LogP contribution in [-0.2, 0) is 12.8 Å². The molecule has 1 aromatic carbocycles. The molecular formula is C24H37NS. The molecule has 0 bridgehead atoms. The van der Waals surface area contributed by atoms with E-state index in [1.165, 1.54) is 27.1 Å². The normalized spacial score (nSPS) is 13.3. The molecule has 26 heavy (non-hydrogen) atoms. The Balaban J connectivity index is 2.49. The van der Waals surface area contributed by atoms with E-state index in [2.05, 4.69) is 90.8 Å². The first-order valence-corrected chi connectivity index (χ1v) is 12.5. The van der Waals surface area contributed by atoms with Gasteiger partial charge in [-0.05, 0) is 72.6 Å². The van der Waals surface area contributed by atoms with Crippen molar-refractivity contribution in [1.82, 2.24) is 4.98 Å². The van der Waals surface area contributed by atoms with E-state index in [0.717, 1.165) is 18.5 Å². The second-order valence-corrected chi connectivity index (χ2v) is 14.1. The molecule has 0 saturated carbocycles. The van der Waals surface area contributed by atoms with Crippen LogP contribution in [0.15, 0.2) is 35.4 Å². The van der Waals surface area contributed by atoms with Crippen molar-refractivity contribution in [1.29, 1.82) is 0 Å². The van der Waals surface area contributed by atoms with E-state index in [4.69, 9.17) is 4.98 Å². The van der Waals surface area contributed by atoms with Crippen LogP contribution >= 0.6 is 10.0 Å². The van der Waals surface area contributed by atoms with Gasteiger partial charge in [0.25, 0.3) is 0 Å². The Kier molecular flexibility index (Phi) is 6.28. The first-order chi connectivity index (χ1) is 11.9. The molecule has 1 heterocycles. The summed E-state index contributed by atoms with van der Waals surface area (Å²) in [7, 11) is -0.798. The maximum absolute atomic E-state index is 4.88. The van der Waals surface area contributed by atoms with Gasteiger partial charge in [-0.2, -0.15) is 0 Å². The molecule has 0 fully saturated rings. The molecule has 0 aliphatic heterocycles. The van der Waals surface area contributed by atoms with E-state index >= 15 is 0 Å². The summed E-state index contributed by atoms with van der Waals surface area (Å²) in [6.45, 7) is 13.7. The predicted octanol–water partition coefficient (Wildman–Crippen LogP) is 6.90. The lowest BCUT2D eigenvalue weighted by molar-refractivity contribution is 0.408. The van der Waals surface area contributed by atoms with Crippen LogP contribution < -0.4 is 0 Å². The highest BCUT2D eigenvalue weighted by atomic mass is 32.3. The monoisotopic (exact) mass is 371 g/mol. The summed E-state index contributed by atoms with van der Waals surface area (Å²) in [5.41, 5.74) is 6.87. The Bertz CT molecular complexity index is 761. The molecule has 0 unspecified atom stereocenters. The van der Waals surface area contributed by atoms with Gasteiger partial charge in [0.15, 0.2) is 0 Å². The van der Waals surface area contributed by atoms with Gasteiger partial charge in [0.2, 0.25) is 0 Å². The molecule has 0 N–H and O–H groups in total. The van der Waals surface area contributed by atoms with Gasteiger partial charge in [0.1, 0.15) is 0 Å². The van der Waals surface area contributed by atoms with Crippen molar-refractivity contribution in [3.05, 3.63) is 47.2 Å². The number of rotatable bonds is 5. The molecule has 1 nitrogen and oxygen atoms in total. The SMILES string of the molecule is Cc1cc(CC(C)C)ccc1-c1cc(CC(C)(C)C)c(S(C)(C)C)cn1. The molecule has 0 saturated heterocycles. The molecule has 0 radical (unpaired) electrons. The lowest BCUT2D eigenvalue weighted by Crippen LogP contribution is -2.12. The zero-order valence-electron chi connectivity index (χ0n) is 18.2. The average Bonchev–Trinajstić information content (AvgIpc) is 2.43. The highest BCUT2D eigenvalue weighted by Crippen LogP contribution is 2.48. The van der Waals surface area contributed by atoms with Crippen LogP contribution in [0.3, 0.4) is 0 Å². The lowest BCUT2D eigenvalue weighted by atomic mass is 9.87. The standard InChI is InChI=1S/C24H37NS/c1-17(2)12-19-10-11-21(18(3)13-19)22-14-20(15-24(4,5)6)23(16-25-22)26(7,8)9/h10-11,13-14,16-17H,12,15H2,1-9H3. The smallest absolute Gasteiger partial charge is 0.0708 e. The van der Waals surface area contributed by atoms with Crippen molar-refractivity contribution in [2.45, 2.75) is 59.3 Å². The van der Waals surface area contributed by atoms with Crippen LogP contribution in [0.5, 0.6) is 0 Å². The summed E-state index contributed by atoms with van der Waals surface area (Å²) in [5, 5.41) is 0. The van der Waals surface area contributed by atoms with E-state index in [1.54, 1.807) is 0 Å². The highest BCUT2D eigenvalue weighted by Gasteiger charge is 2.20. The summed E-state index contributed by atoms with van der Waals surface area (Å²) >= 11 is 0. The first kappa shape index (κ1) is 21.0. The minimum absolute atomic E-state index is 0.272. The molecule has 2 rings (SSSR count). The van der Waals surface area contributed by atoms with E-state index in [-0.39, 0.29) is 5.41 Å². The van der Waals surface area contributed by atoms with E-state index in [9.17, 15) is 0 Å². The van der Waals surface area contributed by atoms with E-state index in [0.29, 0.717) is 5.92 Å². The first-order valence-electron chi connectivity index (χ1n) is 9.64. The maximum atomic E-state index is 4.88. The van der Waals surface area contributed by atoms with Gasteiger partial charge in [-0.25, -0.2) is 10.0 Å². The Labute approximate surface area is 163 Å². The summed E-state index contributed by atoms with van der Waals surface area (Å²) in [6, 6.07) is 9.23. The average molecular weight is 372 g/mol. The molecule has 0 aliphatic carbocycles. The molecule has 2 heteroatoms. The number of aromatic nitrogens is 1. The summed E-state index contributed by atoms with van der Waals surface area (Å²) in [5.74, 6) is 0.686. The fourth-order valence-electron chi connectivity index (χ4n) is 3.50. The molecule has 0 aliphatic rings. The van der Waals surface area contributed by atoms with Crippen molar-refractivity contribution < 1.29 is 0 Å². The van der Waals surface area contributed by atoms with Crippen molar-refractivity contribution in [3.8, 4) is 11.3 Å². The van der Waals surface area contributed by atoms with Crippen LogP contribution in [0.1, 0.15) is 51.3 Å². The van der Waals surface area contributed by atoms with Crippen molar-refractivity contribution in [3.63, 3.8) is 0 Å². The summed E-state index contributed by atoms with van der Waals surface area (Å²) < 4.78 is 0. The zero-order chi connectivity index (χ0) is 19.7. The minimum atomic E-state index is -0.798. The van der Waals surface area contributed by atoms with E-state index < -0.39 is 10.0 Å². The Hall–Kier alpha value is -1.28. The second-order valence-electron chi connectivity index (χ2n) is 10.00. The summed E-state index contributed by atoms with van der Waals surface area (Å²) in [6.07, 6.45) is 11.5. The van der Waals surface area contributed by atoms with Crippen molar-refractivity contribution in [2.24, 2.45) is 11.3 Å². The fourth-order valence-corrected chi connectivity index (χ4v) is 4.79. The second kappa shape index (κ2) is 7.76. The van der Waals surface area contributed by atoms with Crippen molar-refractivity contribution >= 4 is 10.0 Å². The number of hydrogen-bond acceptors (Lipinski definition) is 1. The molecule has 0 amide bonds. The topological polar surface area (TPSA) is 12.9 Å². The van der Waals surface area contributed by atoms with Gasteiger partial charge in [-0.15, -0.1) is 0 Å². The number of pyridine rings is 1. The molecule has 2 aromatic rings. The number of nitrogens with zero attached hydrogens (tertiary/aromatic N) is 1. The van der Waals surface area contributed by atoms with Gasteiger partial charge in [-0.1, -0.05) is 52.8 Å². The molecule has 144 valence electrons. The van der Waals surface area contributed by atoms with Crippen LogP contribution in [-0.4, -0.2) is 23.8 Å². The quantitative estimate of drug-likeness (QED) is 0.557. The Morgan fingerprint density at radius 2 is 1.69 bits per heavy atom. The summed E-state index contributed by atoms with van der Waals surface area (Å²) in [4.78, 5) is 6.33. The lowest BCUT2D eigenvalue weighted by Gasteiger charge is -2.31. The minimum Gasteiger partial charge on any atom is -0.255 e. The largest absolute Gasteiger partial charge is 0.255 e. The number of benzene rings is 1. The Morgan fingerprint density at radius 1 is 1.04 bits per heavy atom. The molecule has 0 spiro atoms. The third kappa shape index (κ3) is 5.61. The molecule has 0 atom stereocenters. The third-order valence-electron chi connectivity index (χ3n) is 4.54. The van der Waals surface area contributed by atoms with Gasteiger partial charge in [0, 0.05) is 16.7 Å². The van der Waals surface area contributed by atoms with Crippen LogP contribution in [0.4, 0.5) is 0 Å². The predicted molar refractivity (Wildman–Crippen MR) is 120 cm³/mol. The highest BCUT2D eigenvalue weighted by molar-refractivity contribution is 8.32. The fraction of sp³-hybridized carbons (Fsp3) is 0.542. The third-order valence-corrected chi connectivity index (χ3v) is 6.23.